The molecular formula is C13H20N2O4. The monoisotopic (exact) mass is 268 g/mol. The van der Waals surface area contributed by atoms with Crippen molar-refractivity contribution in [1.29, 1.82) is 0 Å². The quantitative estimate of drug-likeness (QED) is 0.754. The van der Waals surface area contributed by atoms with Crippen molar-refractivity contribution in [1.82, 2.24) is 10.2 Å². The molecule has 0 saturated heterocycles. The first kappa shape index (κ1) is 15.3. The molecule has 0 aliphatic heterocycles. The highest BCUT2D eigenvalue weighted by molar-refractivity contribution is 6.21. The minimum Gasteiger partial charge on any atom is -0.334 e. The van der Waals surface area contributed by atoms with Crippen molar-refractivity contribution < 1.29 is 19.2 Å². The molecule has 0 bridgehead atoms. The predicted molar refractivity (Wildman–Crippen MR) is 68.7 cm³/mol. The fourth-order valence-electron chi connectivity index (χ4n) is 2.13. The average molecular weight is 268 g/mol. The van der Waals surface area contributed by atoms with E-state index < -0.39 is 12.0 Å². The van der Waals surface area contributed by atoms with E-state index in [1.165, 1.54) is 4.90 Å². The third-order valence-electron chi connectivity index (χ3n) is 3.09. The number of nitrogens with zero attached hydrogens (tertiary/aromatic N) is 1. The number of carbonyl (C=O) groups excluding carboxylic acids is 4. The zero-order valence-electron chi connectivity index (χ0n) is 11.6. The third kappa shape index (κ3) is 3.87. The third-order valence-corrected chi connectivity index (χ3v) is 3.09. The molecule has 0 spiro atoms. The summed E-state index contributed by atoms with van der Waals surface area (Å²) in [6.07, 6.45) is 0.963. The van der Waals surface area contributed by atoms with Crippen LogP contribution in [0.1, 0.15) is 32.6 Å². The number of Topliss-reactive ketones (excluding diaryl/α,β-unsaturated/α-hetero) is 3. The largest absolute Gasteiger partial charge is 0.334 e. The molecule has 1 N–H and O–H groups in total. The fourth-order valence-corrected chi connectivity index (χ4v) is 2.13. The zero-order valence-corrected chi connectivity index (χ0v) is 11.6. The van der Waals surface area contributed by atoms with Crippen molar-refractivity contribution in [3.05, 3.63) is 0 Å². The van der Waals surface area contributed by atoms with Crippen LogP contribution in [0.25, 0.3) is 0 Å². The van der Waals surface area contributed by atoms with Crippen molar-refractivity contribution in [3.63, 3.8) is 0 Å². The summed E-state index contributed by atoms with van der Waals surface area (Å²) in [5, 5.41) is 2.60. The van der Waals surface area contributed by atoms with E-state index >= 15 is 0 Å². The molecule has 6 nitrogen and oxygen atoms in total. The summed E-state index contributed by atoms with van der Waals surface area (Å²) in [6, 6.07) is -0.843. The molecule has 1 aliphatic rings. The molecule has 2 amide bonds. The van der Waals surface area contributed by atoms with Crippen molar-refractivity contribution in [2.75, 3.05) is 14.1 Å². The second-order valence-corrected chi connectivity index (χ2v) is 5.03. The predicted octanol–water partition coefficient (Wildman–Crippen LogP) is 0.544. The number of rotatable bonds is 4. The highest BCUT2D eigenvalue weighted by Crippen LogP contribution is 2.20. The van der Waals surface area contributed by atoms with Crippen LogP contribution in [0, 0.1) is 5.92 Å². The van der Waals surface area contributed by atoms with Gasteiger partial charge < -0.3 is 10.2 Å². The Kier molecular flexibility index (Phi) is 5.20. The van der Waals surface area contributed by atoms with Crippen molar-refractivity contribution >= 4 is 23.4 Å². The minimum atomic E-state index is -1.10. The van der Waals surface area contributed by atoms with Crippen LogP contribution < -0.4 is 5.32 Å². The summed E-state index contributed by atoms with van der Waals surface area (Å²) >= 11 is 0. The lowest BCUT2D eigenvalue weighted by Gasteiger charge is -2.27. The molecule has 1 saturated carbocycles. The van der Waals surface area contributed by atoms with Gasteiger partial charge in [-0.25, -0.2) is 4.79 Å². The molecule has 0 aromatic rings. The maximum Gasteiger partial charge on any atom is 0.317 e. The van der Waals surface area contributed by atoms with Gasteiger partial charge in [-0.2, -0.15) is 0 Å². The first-order valence-electron chi connectivity index (χ1n) is 6.42. The number of hydrogen-bond donors (Lipinski definition) is 1. The summed E-state index contributed by atoms with van der Waals surface area (Å²) in [4.78, 5) is 48.3. The van der Waals surface area contributed by atoms with Gasteiger partial charge in [0.15, 0.2) is 17.3 Å². The highest BCUT2D eigenvalue weighted by atomic mass is 16.2. The van der Waals surface area contributed by atoms with E-state index in [2.05, 4.69) is 5.32 Å². The van der Waals surface area contributed by atoms with Crippen LogP contribution in [0.15, 0.2) is 0 Å². The summed E-state index contributed by atoms with van der Waals surface area (Å²) in [5.41, 5.74) is 0. The molecule has 0 aromatic carbocycles. The van der Waals surface area contributed by atoms with Gasteiger partial charge >= 0.3 is 6.03 Å². The van der Waals surface area contributed by atoms with Crippen LogP contribution in [0.4, 0.5) is 4.79 Å². The Morgan fingerprint density at radius 1 is 1.21 bits per heavy atom. The number of ketones is 3. The number of urea groups is 1. The van der Waals surface area contributed by atoms with E-state index in [1.807, 2.05) is 6.92 Å². The Morgan fingerprint density at radius 2 is 1.74 bits per heavy atom. The zero-order chi connectivity index (χ0) is 14.6. The van der Waals surface area contributed by atoms with E-state index in [0.29, 0.717) is 6.42 Å². The number of nitrogens with one attached hydrogen (secondary N) is 1. The molecule has 0 radical (unpaired) electrons. The van der Waals surface area contributed by atoms with Gasteiger partial charge in [0.25, 0.3) is 0 Å². The van der Waals surface area contributed by atoms with Gasteiger partial charge in [0.05, 0.1) is 0 Å². The topological polar surface area (TPSA) is 83.6 Å². The summed E-state index contributed by atoms with van der Waals surface area (Å²) in [7, 11) is 3.16. The molecule has 1 rings (SSSR count). The van der Waals surface area contributed by atoms with Gasteiger partial charge in [-0.1, -0.05) is 6.92 Å². The van der Waals surface area contributed by atoms with E-state index in [0.717, 1.165) is 0 Å². The summed E-state index contributed by atoms with van der Waals surface area (Å²) < 4.78 is 0. The SMILES string of the molecule is CCCC(=O)C1C(=O)CC(NC(=O)N(C)C)CC1=O. The van der Waals surface area contributed by atoms with Gasteiger partial charge in [0.2, 0.25) is 0 Å². The van der Waals surface area contributed by atoms with E-state index in [1.54, 1.807) is 14.1 Å². The maximum atomic E-state index is 11.9. The van der Waals surface area contributed by atoms with Crippen LogP contribution in [0.5, 0.6) is 0 Å². The molecule has 0 unspecified atom stereocenters. The molecule has 0 heterocycles. The Balaban J connectivity index is 2.66. The van der Waals surface area contributed by atoms with E-state index in [4.69, 9.17) is 0 Å². The lowest BCUT2D eigenvalue weighted by Crippen LogP contribution is -2.49. The molecule has 6 heteroatoms. The Labute approximate surface area is 112 Å². The smallest absolute Gasteiger partial charge is 0.317 e. The number of hydrogen-bond acceptors (Lipinski definition) is 4. The molecule has 19 heavy (non-hydrogen) atoms. The summed E-state index contributed by atoms with van der Waals surface area (Å²) in [6.45, 7) is 1.83. The van der Waals surface area contributed by atoms with Gasteiger partial charge in [-0.15, -0.1) is 0 Å². The Bertz CT molecular complexity index is 385. The molecular weight excluding hydrogens is 248 g/mol. The van der Waals surface area contributed by atoms with Crippen molar-refractivity contribution in [2.45, 2.75) is 38.6 Å². The lowest BCUT2D eigenvalue weighted by molar-refractivity contribution is -0.142. The molecule has 0 atom stereocenters. The maximum absolute atomic E-state index is 11.9. The highest BCUT2D eigenvalue weighted by Gasteiger charge is 2.39. The molecule has 106 valence electrons. The standard InChI is InChI=1S/C13H20N2O4/c1-4-5-9(16)12-10(17)6-8(7-11(12)18)14-13(19)15(2)3/h8,12H,4-7H2,1-3H3,(H,14,19). The van der Waals surface area contributed by atoms with Gasteiger partial charge in [-0.05, 0) is 6.42 Å². The van der Waals surface area contributed by atoms with Gasteiger partial charge in [0.1, 0.15) is 5.92 Å². The van der Waals surface area contributed by atoms with Gasteiger partial charge in [0, 0.05) is 39.4 Å². The molecule has 1 fully saturated rings. The average Bonchev–Trinajstić information content (AvgIpc) is 2.27. The molecule has 1 aliphatic carbocycles. The first-order chi connectivity index (χ1) is 8.86. The minimum absolute atomic E-state index is 0.0471. The first-order valence-corrected chi connectivity index (χ1v) is 6.42. The van der Waals surface area contributed by atoms with E-state index in [9.17, 15) is 19.2 Å². The van der Waals surface area contributed by atoms with Crippen LogP contribution in [0.2, 0.25) is 0 Å². The second kappa shape index (κ2) is 6.45. The normalized spacial score (nSPS) is 23.1. The second-order valence-electron chi connectivity index (χ2n) is 5.03. The fraction of sp³-hybridized carbons (Fsp3) is 0.692. The number of carbonyl (C=O) groups is 4. The molecule has 0 aromatic heterocycles. The van der Waals surface area contributed by atoms with Crippen molar-refractivity contribution in [2.24, 2.45) is 5.92 Å². The van der Waals surface area contributed by atoms with Crippen molar-refractivity contribution in [3.8, 4) is 0 Å². The summed E-state index contributed by atoms with van der Waals surface area (Å²) in [5.74, 6) is -2.15. The number of amides is 2. The Hall–Kier alpha value is -1.72. The van der Waals surface area contributed by atoms with Crippen LogP contribution >= 0.6 is 0 Å². The van der Waals surface area contributed by atoms with Gasteiger partial charge in [-0.3, -0.25) is 14.4 Å². The van der Waals surface area contributed by atoms with Crippen LogP contribution in [-0.2, 0) is 14.4 Å². The van der Waals surface area contributed by atoms with Crippen LogP contribution in [0.3, 0.4) is 0 Å². The Morgan fingerprint density at radius 3 is 2.16 bits per heavy atom. The lowest BCUT2D eigenvalue weighted by atomic mass is 9.80. The van der Waals surface area contributed by atoms with E-state index in [-0.39, 0.29) is 42.6 Å². The van der Waals surface area contributed by atoms with Crippen LogP contribution in [-0.4, -0.2) is 48.4 Å².